The normalized spacial score (nSPS) is 18.6. The largest absolute Gasteiger partial charge is 0.507 e. The van der Waals surface area contributed by atoms with Crippen LogP contribution < -0.4 is 9.47 Å². The second-order valence-electron chi connectivity index (χ2n) is 7.67. The lowest BCUT2D eigenvalue weighted by Crippen LogP contribution is -2.57. The minimum Gasteiger partial charge on any atom is -0.507 e. The van der Waals surface area contributed by atoms with Crippen molar-refractivity contribution in [3.63, 3.8) is 0 Å². The van der Waals surface area contributed by atoms with E-state index in [1.54, 1.807) is 36.2 Å². The van der Waals surface area contributed by atoms with Gasteiger partial charge in [0.1, 0.15) is 23.9 Å². The van der Waals surface area contributed by atoms with E-state index < -0.39 is 0 Å². The second-order valence-corrected chi connectivity index (χ2v) is 8.05. The van der Waals surface area contributed by atoms with Crippen molar-refractivity contribution in [2.45, 2.75) is 6.04 Å². The van der Waals surface area contributed by atoms with Gasteiger partial charge in [0, 0.05) is 32.2 Å². The molecule has 0 radical (unpaired) electrons. The number of halogens is 1. The summed E-state index contributed by atoms with van der Waals surface area (Å²) in [7, 11) is 3.22. The maximum atomic E-state index is 12.2. The van der Waals surface area contributed by atoms with Crippen LogP contribution in [0.2, 0.25) is 5.02 Å². The fraction of sp³-hybridized carbons (Fsp3) is 0.292. The summed E-state index contributed by atoms with van der Waals surface area (Å²) < 4.78 is 11.7. The van der Waals surface area contributed by atoms with E-state index in [9.17, 15) is 9.90 Å². The number of carbonyl (C=O) groups is 1. The van der Waals surface area contributed by atoms with Gasteiger partial charge in [0.25, 0.3) is 0 Å². The number of aliphatic imine (C=N–C) groups is 2. The number of phenolic OH excluding ortho intramolecular Hbond substituents is 1. The Hall–Kier alpha value is -3.52. The number of ether oxygens (including phenoxy) is 2. The highest BCUT2D eigenvalue weighted by atomic mass is 35.5. The van der Waals surface area contributed by atoms with E-state index in [1.807, 2.05) is 0 Å². The van der Waals surface area contributed by atoms with Crippen LogP contribution in [-0.4, -0.2) is 79.8 Å². The zero-order valence-electron chi connectivity index (χ0n) is 18.5. The Bertz CT molecular complexity index is 1160. The van der Waals surface area contributed by atoms with Crippen molar-refractivity contribution >= 4 is 35.7 Å². The number of fused-ring (bicyclic) bond motifs is 2. The SMILES string of the molecule is C=CC(=O)N1CCN2/C(=N/C)c3c(N=C)cc(-c4c(O)cccc4OC)c(Cl)c3OC[C@@H]2C1. The molecule has 2 aromatic carbocycles. The molecule has 2 heterocycles. The van der Waals surface area contributed by atoms with Gasteiger partial charge in [0.05, 0.1) is 35.0 Å². The predicted octanol–water partition coefficient (Wildman–Crippen LogP) is 3.52. The van der Waals surface area contributed by atoms with Crippen LogP contribution in [0.4, 0.5) is 5.69 Å². The molecule has 0 unspecified atom stereocenters. The molecule has 1 saturated heterocycles. The first-order valence-corrected chi connectivity index (χ1v) is 10.8. The summed E-state index contributed by atoms with van der Waals surface area (Å²) in [6.45, 7) is 9.18. The van der Waals surface area contributed by atoms with E-state index in [1.165, 1.54) is 13.2 Å². The van der Waals surface area contributed by atoms with E-state index in [2.05, 4.69) is 28.2 Å². The van der Waals surface area contributed by atoms with Crippen LogP contribution in [-0.2, 0) is 4.79 Å². The van der Waals surface area contributed by atoms with Crippen molar-refractivity contribution in [2.24, 2.45) is 9.98 Å². The van der Waals surface area contributed by atoms with Crippen LogP contribution >= 0.6 is 11.6 Å². The molecule has 1 fully saturated rings. The van der Waals surface area contributed by atoms with Gasteiger partial charge in [-0.2, -0.15) is 0 Å². The van der Waals surface area contributed by atoms with Gasteiger partial charge < -0.3 is 24.4 Å². The number of amides is 1. The monoisotopic (exact) mass is 468 g/mol. The molecule has 0 bridgehead atoms. The number of benzene rings is 2. The maximum Gasteiger partial charge on any atom is 0.246 e. The van der Waals surface area contributed by atoms with Gasteiger partial charge in [-0.1, -0.05) is 24.2 Å². The summed E-state index contributed by atoms with van der Waals surface area (Å²) in [6.07, 6.45) is 1.32. The number of carbonyl (C=O) groups excluding carboxylic acids is 1. The lowest BCUT2D eigenvalue weighted by molar-refractivity contribution is -0.128. The zero-order valence-corrected chi connectivity index (χ0v) is 19.3. The highest BCUT2D eigenvalue weighted by molar-refractivity contribution is 6.36. The van der Waals surface area contributed by atoms with Gasteiger partial charge in [-0.15, -0.1) is 0 Å². The quantitative estimate of drug-likeness (QED) is 0.548. The van der Waals surface area contributed by atoms with Crippen molar-refractivity contribution in [3.8, 4) is 28.4 Å². The van der Waals surface area contributed by atoms with Crippen molar-refractivity contribution in [1.29, 1.82) is 0 Å². The molecule has 2 aromatic rings. The van der Waals surface area contributed by atoms with E-state index in [0.717, 1.165) is 0 Å². The Labute approximate surface area is 197 Å². The van der Waals surface area contributed by atoms with Crippen LogP contribution in [0.25, 0.3) is 11.1 Å². The van der Waals surface area contributed by atoms with Crippen LogP contribution in [0.1, 0.15) is 5.56 Å². The summed E-state index contributed by atoms with van der Waals surface area (Å²) in [5, 5.41) is 10.9. The van der Waals surface area contributed by atoms with Crippen LogP contribution in [0.3, 0.4) is 0 Å². The molecular formula is C24H25ClN4O4. The molecule has 0 spiro atoms. The first-order chi connectivity index (χ1) is 15.9. The van der Waals surface area contributed by atoms with E-state index in [0.29, 0.717) is 64.4 Å². The van der Waals surface area contributed by atoms with Gasteiger partial charge >= 0.3 is 0 Å². The number of phenols is 1. The molecule has 2 aliphatic rings. The van der Waals surface area contributed by atoms with Crippen molar-refractivity contribution < 1.29 is 19.4 Å². The molecule has 172 valence electrons. The van der Waals surface area contributed by atoms with Crippen LogP contribution in [0, 0.1) is 0 Å². The Balaban J connectivity index is 1.87. The molecule has 1 N–H and O–H groups in total. The molecule has 1 amide bonds. The summed E-state index contributed by atoms with van der Waals surface area (Å²) in [4.78, 5) is 24.8. The maximum absolute atomic E-state index is 12.2. The summed E-state index contributed by atoms with van der Waals surface area (Å²) in [6, 6.07) is 6.60. The van der Waals surface area contributed by atoms with Gasteiger partial charge in [0.15, 0.2) is 5.75 Å². The van der Waals surface area contributed by atoms with Crippen molar-refractivity contribution in [1.82, 2.24) is 9.80 Å². The lowest BCUT2D eigenvalue weighted by Gasteiger charge is -2.41. The third kappa shape index (κ3) is 3.80. The molecule has 2 aliphatic heterocycles. The number of rotatable bonds is 4. The fourth-order valence-electron chi connectivity index (χ4n) is 4.41. The lowest BCUT2D eigenvalue weighted by atomic mass is 9.98. The minimum absolute atomic E-state index is 0.0141. The van der Waals surface area contributed by atoms with E-state index in [-0.39, 0.29) is 24.3 Å². The highest BCUT2D eigenvalue weighted by Gasteiger charge is 2.37. The van der Waals surface area contributed by atoms with Crippen molar-refractivity contribution in [2.75, 3.05) is 40.4 Å². The summed E-state index contributed by atoms with van der Waals surface area (Å²) in [5.74, 6) is 1.42. The first-order valence-electron chi connectivity index (χ1n) is 10.4. The number of aromatic hydroxyl groups is 1. The molecular weight excluding hydrogens is 444 g/mol. The number of methoxy groups -OCH3 is 1. The number of amidine groups is 1. The smallest absolute Gasteiger partial charge is 0.246 e. The molecule has 8 nitrogen and oxygen atoms in total. The molecule has 0 aliphatic carbocycles. The number of nitrogens with zero attached hydrogens (tertiary/aromatic N) is 4. The van der Waals surface area contributed by atoms with Crippen LogP contribution in [0.15, 0.2) is 46.9 Å². The van der Waals surface area contributed by atoms with Crippen molar-refractivity contribution in [3.05, 3.63) is 47.5 Å². The Morgan fingerprint density at radius 1 is 1.36 bits per heavy atom. The van der Waals surface area contributed by atoms with Gasteiger partial charge in [-0.3, -0.25) is 14.8 Å². The van der Waals surface area contributed by atoms with Gasteiger partial charge in [-0.05, 0) is 31.0 Å². The zero-order chi connectivity index (χ0) is 23.7. The van der Waals surface area contributed by atoms with Crippen LogP contribution in [0.5, 0.6) is 17.2 Å². The minimum atomic E-state index is -0.134. The molecule has 1 atom stereocenters. The first kappa shape index (κ1) is 22.7. The Morgan fingerprint density at radius 2 is 2.15 bits per heavy atom. The number of piperazine rings is 1. The standard InChI is InChI=1S/C24H25ClN4O4/c1-5-19(31)28-9-10-29-14(12-28)13-33-23-21(24(29)27-3)16(26-2)11-15(22(23)25)20-17(30)7-6-8-18(20)32-4/h5-8,11,14,30H,1-2,9-10,12-13H2,3-4H3/b27-24+/t14-/m0/s1. The molecule has 33 heavy (non-hydrogen) atoms. The third-order valence-electron chi connectivity index (χ3n) is 5.96. The molecule has 0 saturated carbocycles. The topological polar surface area (TPSA) is 87.0 Å². The summed E-state index contributed by atoms with van der Waals surface area (Å²) in [5.41, 5.74) is 2.08. The Morgan fingerprint density at radius 3 is 2.82 bits per heavy atom. The van der Waals surface area contributed by atoms with E-state index in [4.69, 9.17) is 21.1 Å². The highest BCUT2D eigenvalue weighted by Crippen LogP contribution is 2.49. The number of hydrogen-bond acceptors (Lipinski definition) is 6. The van der Waals surface area contributed by atoms with Gasteiger partial charge in [0.2, 0.25) is 5.91 Å². The second kappa shape index (κ2) is 9.15. The third-order valence-corrected chi connectivity index (χ3v) is 6.34. The number of hydrogen-bond donors (Lipinski definition) is 1. The predicted molar refractivity (Wildman–Crippen MR) is 130 cm³/mol. The fourth-order valence-corrected chi connectivity index (χ4v) is 4.71. The average molecular weight is 469 g/mol. The van der Waals surface area contributed by atoms with E-state index >= 15 is 0 Å². The van der Waals surface area contributed by atoms with Gasteiger partial charge in [-0.25, -0.2) is 0 Å². The summed E-state index contributed by atoms with van der Waals surface area (Å²) >= 11 is 6.88. The average Bonchev–Trinajstić information content (AvgIpc) is 3.00. The molecule has 0 aromatic heterocycles. The Kier molecular flexibility index (Phi) is 6.29. The molecule has 9 heteroatoms. The molecule has 4 rings (SSSR count).